The average Bonchev–Trinajstić information content (AvgIpc) is 2.67. The minimum atomic E-state index is 0.418. The highest BCUT2D eigenvalue weighted by atomic mass is 32.2. The van der Waals surface area contributed by atoms with Crippen molar-refractivity contribution in [1.29, 1.82) is 0 Å². The Balaban J connectivity index is 1.52. The molecular weight excluding hydrogens is 342 g/mol. The van der Waals surface area contributed by atoms with Crippen LogP contribution in [0.1, 0.15) is 27.4 Å². The Hall–Kier alpha value is -1.68. The van der Waals surface area contributed by atoms with Crippen molar-refractivity contribution >= 4 is 23.5 Å². The summed E-state index contributed by atoms with van der Waals surface area (Å²) in [4.78, 5) is 5.57. The summed E-state index contributed by atoms with van der Waals surface area (Å²) in [5, 5.41) is 0.835. The molecule has 3 aromatic carbocycles. The van der Waals surface area contributed by atoms with Crippen LogP contribution in [0.4, 0.5) is 0 Å². The lowest BCUT2D eigenvalue weighted by molar-refractivity contribution is 0.230. The van der Waals surface area contributed by atoms with Crippen molar-refractivity contribution in [2.24, 2.45) is 0 Å². The van der Waals surface area contributed by atoms with Crippen LogP contribution in [0.2, 0.25) is 0 Å². The van der Waals surface area contributed by atoms with Gasteiger partial charge in [-0.1, -0.05) is 66.7 Å². The summed E-state index contributed by atoms with van der Waals surface area (Å²) in [5.41, 5.74) is 4.36. The number of fused-ring (bicyclic) bond motifs is 6. The van der Waals surface area contributed by atoms with Crippen molar-refractivity contribution in [3.8, 4) is 0 Å². The highest BCUT2D eigenvalue weighted by Crippen LogP contribution is 2.59. The van der Waals surface area contributed by atoms with Gasteiger partial charge in [0.2, 0.25) is 0 Å². The lowest BCUT2D eigenvalue weighted by Gasteiger charge is -2.46. The molecule has 25 heavy (non-hydrogen) atoms. The van der Waals surface area contributed by atoms with Gasteiger partial charge < -0.3 is 0 Å². The van der Waals surface area contributed by atoms with Crippen molar-refractivity contribution in [3.05, 3.63) is 95.6 Å². The molecule has 2 heterocycles. The number of hydrogen-bond acceptors (Lipinski definition) is 3. The molecule has 0 fully saturated rings. The second kappa shape index (κ2) is 6.56. The molecule has 0 spiro atoms. The molecular formula is C22H19NS2. The van der Waals surface area contributed by atoms with E-state index in [1.807, 2.05) is 23.5 Å². The largest absolute Gasteiger partial charge is 0.271 e. The summed E-state index contributed by atoms with van der Waals surface area (Å²) in [6.07, 6.45) is 1.10. The molecule has 0 amide bonds. The van der Waals surface area contributed by atoms with Crippen LogP contribution in [0.15, 0.2) is 88.7 Å². The van der Waals surface area contributed by atoms with E-state index in [0.29, 0.717) is 10.7 Å². The zero-order valence-electron chi connectivity index (χ0n) is 13.8. The topological polar surface area (TPSA) is 3.24 Å². The zero-order valence-corrected chi connectivity index (χ0v) is 15.5. The first-order valence-electron chi connectivity index (χ1n) is 8.71. The van der Waals surface area contributed by atoms with Gasteiger partial charge in [-0.25, -0.2) is 0 Å². The van der Waals surface area contributed by atoms with E-state index in [9.17, 15) is 0 Å². The monoisotopic (exact) mass is 361 g/mol. The molecule has 0 N–H and O–H groups in total. The first-order chi connectivity index (χ1) is 12.4. The summed E-state index contributed by atoms with van der Waals surface area (Å²) < 4.78 is 0. The fourth-order valence-corrected chi connectivity index (χ4v) is 6.75. The highest BCUT2D eigenvalue weighted by molar-refractivity contribution is 8.01. The first-order valence-corrected chi connectivity index (χ1v) is 10.5. The zero-order chi connectivity index (χ0) is 16.6. The third-order valence-electron chi connectivity index (χ3n) is 4.95. The van der Waals surface area contributed by atoms with Crippen molar-refractivity contribution in [1.82, 2.24) is 4.90 Å². The van der Waals surface area contributed by atoms with E-state index in [0.717, 1.165) is 13.0 Å². The van der Waals surface area contributed by atoms with Gasteiger partial charge in [0.05, 0.1) is 10.7 Å². The van der Waals surface area contributed by atoms with E-state index in [-0.39, 0.29) is 0 Å². The Labute approximate surface area is 157 Å². The molecule has 0 aromatic heterocycles. The second-order valence-electron chi connectivity index (χ2n) is 6.49. The summed E-state index contributed by atoms with van der Waals surface area (Å²) in [6.45, 7) is 1.09. The van der Waals surface area contributed by atoms with Crippen molar-refractivity contribution in [2.75, 3.05) is 6.54 Å². The van der Waals surface area contributed by atoms with Gasteiger partial charge >= 0.3 is 0 Å². The van der Waals surface area contributed by atoms with Gasteiger partial charge in [-0.2, -0.15) is 0 Å². The molecule has 2 bridgehead atoms. The standard InChI is InChI=1S/C22H19NS2/c1-2-8-16(9-3-1)14-15-23-21-17-10-4-6-12-19(17)24-22(23)18-11-5-7-13-20(18)25-21/h1-13,21-22H,14-15H2/t21-,22-/m1/s1. The van der Waals surface area contributed by atoms with Crippen molar-refractivity contribution in [3.63, 3.8) is 0 Å². The lowest BCUT2D eigenvalue weighted by atomic mass is 10.1. The third-order valence-corrected chi connectivity index (χ3v) is 7.70. The summed E-state index contributed by atoms with van der Waals surface area (Å²) in [7, 11) is 0. The quantitative estimate of drug-likeness (QED) is 0.551. The molecule has 124 valence electrons. The molecule has 0 unspecified atom stereocenters. The van der Waals surface area contributed by atoms with Crippen LogP contribution in [0.3, 0.4) is 0 Å². The van der Waals surface area contributed by atoms with E-state index in [1.165, 1.54) is 26.5 Å². The van der Waals surface area contributed by atoms with Gasteiger partial charge in [0.25, 0.3) is 0 Å². The maximum Gasteiger partial charge on any atom is 0.0883 e. The summed E-state index contributed by atoms with van der Waals surface area (Å²) in [6, 6.07) is 28.7. The number of nitrogens with zero attached hydrogens (tertiary/aromatic N) is 1. The smallest absolute Gasteiger partial charge is 0.0883 e. The van der Waals surface area contributed by atoms with Crippen LogP contribution >= 0.6 is 23.5 Å². The van der Waals surface area contributed by atoms with Crippen LogP contribution in [0.5, 0.6) is 0 Å². The molecule has 0 saturated carbocycles. The number of rotatable bonds is 3. The Morgan fingerprint density at radius 2 is 1.16 bits per heavy atom. The van der Waals surface area contributed by atoms with Crippen LogP contribution < -0.4 is 0 Å². The fourth-order valence-electron chi connectivity index (χ4n) is 3.70. The Kier molecular flexibility index (Phi) is 4.09. The summed E-state index contributed by atoms with van der Waals surface area (Å²) in [5.74, 6) is 0. The van der Waals surface area contributed by atoms with E-state index in [1.54, 1.807) is 0 Å². The predicted octanol–water partition coefficient (Wildman–Crippen LogP) is 6.14. The Bertz CT molecular complexity index is 840. The molecule has 0 saturated heterocycles. The van der Waals surface area contributed by atoms with E-state index in [4.69, 9.17) is 0 Å². The van der Waals surface area contributed by atoms with Crippen molar-refractivity contribution < 1.29 is 0 Å². The van der Waals surface area contributed by atoms with Crippen LogP contribution in [0, 0.1) is 0 Å². The molecule has 2 aliphatic heterocycles. The maximum absolute atomic E-state index is 2.69. The van der Waals surface area contributed by atoms with Crippen LogP contribution in [0.25, 0.3) is 0 Å². The van der Waals surface area contributed by atoms with Crippen molar-refractivity contribution in [2.45, 2.75) is 27.0 Å². The van der Waals surface area contributed by atoms with Gasteiger partial charge in [-0.15, -0.1) is 23.5 Å². The molecule has 3 heteroatoms. The number of benzene rings is 3. The Morgan fingerprint density at radius 3 is 1.76 bits per heavy atom. The SMILES string of the molecule is c1ccc(CCN2[C@@H]3Sc4ccccc4[C@H]2Sc2ccccc23)cc1. The van der Waals surface area contributed by atoms with Gasteiger partial charge in [-0.05, 0) is 35.2 Å². The van der Waals surface area contributed by atoms with Gasteiger partial charge in [0.15, 0.2) is 0 Å². The van der Waals surface area contributed by atoms with Gasteiger partial charge in [0, 0.05) is 16.3 Å². The molecule has 0 aliphatic carbocycles. The first kappa shape index (κ1) is 15.6. The molecule has 5 rings (SSSR count). The van der Waals surface area contributed by atoms with E-state index >= 15 is 0 Å². The van der Waals surface area contributed by atoms with Crippen LogP contribution in [-0.4, -0.2) is 11.4 Å². The lowest BCUT2D eigenvalue weighted by Crippen LogP contribution is -2.37. The average molecular weight is 362 g/mol. The molecule has 3 aromatic rings. The normalized spacial score (nSPS) is 21.4. The second-order valence-corrected chi connectivity index (χ2v) is 8.73. The van der Waals surface area contributed by atoms with Gasteiger partial charge in [-0.3, -0.25) is 4.90 Å². The number of hydrogen-bond donors (Lipinski definition) is 0. The molecule has 1 nitrogen and oxygen atoms in total. The minimum absolute atomic E-state index is 0.418. The van der Waals surface area contributed by atoms with Crippen LogP contribution in [-0.2, 0) is 6.42 Å². The predicted molar refractivity (Wildman–Crippen MR) is 107 cm³/mol. The molecule has 2 atom stereocenters. The Morgan fingerprint density at radius 1 is 0.640 bits per heavy atom. The molecule has 2 aliphatic rings. The fraction of sp³-hybridized carbons (Fsp3) is 0.182. The van der Waals surface area contributed by atoms with E-state index in [2.05, 4.69) is 83.8 Å². The maximum atomic E-state index is 2.69. The summed E-state index contributed by atoms with van der Waals surface area (Å²) >= 11 is 4.02. The minimum Gasteiger partial charge on any atom is -0.271 e. The van der Waals surface area contributed by atoms with E-state index < -0.39 is 0 Å². The van der Waals surface area contributed by atoms with Gasteiger partial charge in [0.1, 0.15) is 0 Å². The third kappa shape index (κ3) is 2.80. The molecule has 0 radical (unpaired) electrons. The number of thioether (sulfide) groups is 2. The highest BCUT2D eigenvalue weighted by Gasteiger charge is 2.40.